The molecule has 1 amide bonds. The van der Waals surface area contributed by atoms with E-state index in [-0.39, 0.29) is 5.91 Å². The summed E-state index contributed by atoms with van der Waals surface area (Å²) in [5, 5.41) is 12.4. The first kappa shape index (κ1) is 20.9. The summed E-state index contributed by atoms with van der Waals surface area (Å²) in [6, 6.07) is 0.342. The molecule has 28 heavy (non-hydrogen) atoms. The number of hydrogen-bond donors (Lipinski definition) is 1. The average Bonchev–Trinajstić information content (AvgIpc) is 3.23. The van der Waals surface area contributed by atoms with Crippen LogP contribution in [0.3, 0.4) is 0 Å². The van der Waals surface area contributed by atoms with Gasteiger partial charge in [0.2, 0.25) is 5.91 Å². The van der Waals surface area contributed by atoms with E-state index >= 15 is 0 Å². The third kappa shape index (κ3) is 5.58. The fraction of sp³-hybridized carbons (Fsp3) is 0.773. The SMILES string of the molecule is CCn1nc(C)c2c1cnn2CCC(=O)NC1CCCCCCCCCCC1. The van der Waals surface area contributed by atoms with E-state index in [9.17, 15) is 4.79 Å². The van der Waals surface area contributed by atoms with Crippen molar-refractivity contribution in [1.82, 2.24) is 24.9 Å². The Morgan fingerprint density at radius 1 is 1.04 bits per heavy atom. The topological polar surface area (TPSA) is 64.7 Å². The van der Waals surface area contributed by atoms with Gasteiger partial charge in [0.15, 0.2) is 0 Å². The molecule has 0 aliphatic heterocycles. The van der Waals surface area contributed by atoms with Crippen LogP contribution in [0.1, 0.15) is 89.7 Å². The molecule has 3 rings (SSSR count). The number of fused-ring (bicyclic) bond motifs is 1. The van der Waals surface area contributed by atoms with Crippen LogP contribution >= 0.6 is 0 Å². The van der Waals surface area contributed by atoms with Crippen LogP contribution in [-0.4, -0.2) is 31.5 Å². The van der Waals surface area contributed by atoms with Crippen LogP contribution in [0.25, 0.3) is 11.0 Å². The summed E-state index contributed by atoms with van der Waals surface area (Å²) in [7, 11) is 0. The van der Waals surface area contributed by atoms with Crippen molar-refractivity contribution in [3.8, 4) is 0 Å². The Hall–Kier alpha value is -1.85. The summed E-state index contributed by atoms with van der Waals surface area (Å²) in [6.07, 6.45) is 16.5. The van der Waals surface area contributed by atoms with Crippen molar-refractivity contribution in [1.29, 1.82) is 0 Å². The van der Waals surface area contributed by atoms with Crippen LogP contribution in [0.2, 0.25) is 0 Å². The molecule has 1 saturated carbocycles. The van der Waals surface area contributed by atoms with Gasteiger partial charge in [0.25, 0.3) is 0 Å². The van der Waals surface area contributed by atoms with E-state index in [0.29, 0.717) is 19.0 Å². The van der Waals surface area contributed by atoms with Gasteiger partial charge in [-0.05, 0) is 26.7 Å². The third-order valence-electron chi connectivity index (χ3n) is 6.03. The molecule has 0 spiro atoms. The van der Waals surface area contributed by atoms with Crippen molar-refractivity contribution in [2.75, 3.05) is 0 Å². The van der Waals surface area contributed by atoms with Gasteiger partial charge in [0.1, 0.15) is 11.0 Å². The molecule has 2 aromatic heterocycles. The summed E-state index contributed by atoms with van der Waals surface area (Å²) in [5.41, 5.74) is 3.09. The van der Waals surface area contributed by atoms with Gasteiger partial charge in [0, 0.05) is 19.0 Å². The maximum atomic E-state index is 12.6. The lowest BCUT2D eigenvalue weighted by atomic mass is 9.98. The summed E-state index contributed by atoms with van der Waals surface area (Å²) >= 11 is 0. The van der Waals surface area contributed by atoms with Gasteiger partial charge in [-0.3, -0.25) is 14.2 Å². The Morgan fingerprint density at radius 3 is 2.25 bits per heavy atom. The van der Waals surface area contributed by atoms with E-state index in [0.717, 1.165) is 36.1 Å². The zero-order valence-corrected chi connectivity index (χ0v) is 17.8. The standard InChI is InChI=1S/C22H37N5O/c1-3-26-20-17-23-27(22(20)18(2)25-26)16-15-21(28)24-19-13-11-9-7-5-4-6-8-10-12-14-19/h17,19H,3-16H2,1-2H3,(H,24,28). The first-order valence-corrected chi connectivity index (χ1v) is 11.4. The van der Waals surface area contributed by atoms with E-state index in [4.69, 9.17) is 0 Å². The number of hydrogen-bond acceptors (Lipinski definition) is 3. The van der Waals surface area contributed by atoms with Gasteiger partial charge in [-0.25, -0.2) is 0 Å². The van der Waals surface area contributed by atoms with Crippen LogP contribution in [0.15, 0.2) is 6.20 Å². The molecule has 2 aromatic rings. The molecule has 1 N–H and O–H groups in total. The molecule has 2 heterocycles. The predicted octanol–water partition coefficient (Wildman–Crippen LogP) is 4.74. The van der Waals surface area contributed by atoms with Crippen molar-refractivity contribution in [2.24, 2.45) is 0 Å². The van der Waals surface area contributed by atoms with Crippen molar-refractivity contribution >= 4 is 16.9 Å². The van der Waals surface area contributed by atoms with E-state index in [1.54, 1.807) is 0 Å². The van der Waals surface area contributed by atoms with Crippen molar-refractivity contribution < 1.29 is 4.79 Å². The highest BCUT2D eigenvalue weighted by molar-refractivity contribution is 5.79. The molecule has 0 unspecified atom stereocenters. The highest BCUT2D eigenvalue weighted by Crippen LogP contribution is 2.19. The number of nitrogens with one attached hydrogen (secondary N) is 1. The minimum atomic E-state index is 0.154. The lowest BCUT2D eigenvalue weighted by Gasteiger charge is -2.19. The number of nitrogens with zero attached hydrogens (tertiary/aromatic N) is 4. The van der Waals surface area contributed by atoms with Gasteiger partial charge in [-0.15, -0.1) is 0 Å². The fourth-order valence-electron chi connectivity index (χ4n) is 4.44. The summed E-state index contributed by atoms with van der Waals surface area (Å²) in [6.45, 7) is 5.54. The second-order valence-electron chi connectivity index (χ2n) is 8.28. The number of aryl methyl sites for hydroxylation is 3. The van der Waals surface area contributed by atoms with Crippen LogP contribution in [-0.2, 0) is 17.9 Å². The van der Waals surface area contributed by atoms with E-state index < -0.39 is 0 Å². The first-order valence-electron chi connectivity index (χ1n) is 11.4. The van der Waals surface area contributed by atoms with E-state index in [1.165, 1.54) is 57.8 Å². The lowest BCUT2D eigenvalue weighted by molar-refractivity contribution is -0.122. The molecule has 0 bridgehead atoms. The first-order chi connectivity index (χ1) is 13.7. The minimum absolute atomic E-state index is 0.154. The van der Waals surface area contributed by atoms with Gasteiger partial charge in [-0.1, -0.05) is 57.8 Å². The molecule has 0 aromatic carbocycles. The minimum Gasteiger partial charge on any atom is -0.353 e. The van der Waals surface area contributed by atoms with Gasteiger partial charge >= 0.3 is 0 Å². The molecule has 0 radical (unpaired) electrons. The van der Waals surface area contributed by atoms with Crippen molar-refractivity contribution in [3.05, 3.63) is 11.9 Å². The average molecular weight is 388 g/mol. The molecule has 6 heteroatoms. The molecule has 156 valence electrons. The molecule has 1 aliphatic rings. The summed E-state index contributed by atoms with van der Waals surface area (Å²) in [4.78, 5) is 12.6. The molecule has 1 aliphatic carbocycles. The summed E-state index contributed by atoms with van der Waals surface area (Å²) < 4.78 is 3.91. The monoisotopic (exact) mass is 387 g/mol. The Bertz CT molecular complexity index is 736. The highest BCUT2D eigenvalue weighted by Gasteiger charge is 2.16. The number of carbonyl (C=O) groups is 1. The summed E-state index contributed by atoms with van der Waals surface area (Å²) in [5.74, 6) is 0.154. The normalized spacial score (nSPS) is 17.9. The van der Waals surface area contributed by atoms with Crippen LogP contribution in [0.5, 0.6) is 0 Å². The molecule has 0 atom stereocenters. The molecular formula is C22H37N5O. The molecular weight excluding hydrogens is 350 g/mol. The van der Waals surface area contributed by atoms with Crippen LogP contribution < -0.4 is 5.32 Å². The molecule has 0 saturated heterocycles. The van der Waals surface area contributed by atoms with Gasteiger partial charge < -0.3 is 5.32 Å². The largest absolute Gasteiger partial charge is 0.353 e. The Morgan fingerprint density at radius 2 is 1.64 bits per heavy atom. The quantitative estimate of drug-likeness (QED) is 0.806. The second kappa shape index (κ2) is 10.6. The van der Waals surface area contributed by atoms with Crippen LogP contribution in [0.4, 0.5) is 0 Å². The smallest absolute Gasteiger partial charge is 0.222 e. The number of amides is 1. The van der Waals surface area contributed by atoms with Crippen molar-refractivity contribution in [2.45, 2.75) is 110 Å². The fourth-order valence-corrected chi connectivity index (χ4v) is 4.44. The number of aromatic nitrogens is 4. The maximum Gasteiger partial charge on any atom is 0.222 e. The van der Waals surface area contributed by atoms with Crippen LogP contribution in [0, 0.1) is 6.92 Å². The Labute approximate surface area is 169 Å². The second-order valence-corrected chi connectivity index (χ2v) is 8.28. The number of rotatable bonds is 5. The lowest BCUT2D eigenvalue weighted by Crippen LogP contribution is -2.35. The van der Waals surface area contributed by atoms with Gasteiger partial charge in [0.05, 0.1) is 18.4 Å². The number of carbonyl (C=O) groups excluding carboxylic acids is 1. The molecule has 1 fully saturated rings. The Kier molecular flexibility index (Phi) is 7.92. The molecule has 6 nitrogen and oxygen atoms in total. The van der Waals surface area contributed by atoms with Gasteiger partial charge in [-0.2, -0.15) is 10.2 Å². The van der Waals surface area contributed by atoms with E-state index in [2.05, 4.69) is 22.4 Å². The van der Waals surface area contributed by atoms with Crippen molar-refractivity contribution in [3.63, 3.8) is 0 Å². The predicted molar refractivity (Wildman–Crippen MR) is 113 cm³/mol. The zero-order valence-electron chi connectivity index (χ0n) is 17.8. The van der Waals surface area contributed by atoms with E-state index in [1.807, 2.05) is 22.5 Å². The third-order valence-corrected chi connectivity index (χ3v) is 6.03. The highest BCUT2D eigenvalue weighted by atomic mass is 16.1. The Balaban J connectivity index is 1.51. The maximum absolute atomic E-state index is 12.6. The zero-order chi connectivity index (χ0) is 19.8.